The van der Waals surface area contributed by atoms with Crippen LogP contribution in [0.4, 0.5) is 13.2 Å². The highest BCUT2D eigenvalue weighted by Gasteiger charge is 2.26. The van der Waals surface area contributed by atoms with Crippen LogP contribution in [-0.2, 0) is 0 Å². The maximum Gasteiger partial charge on any atom is 0.407 e. The first kappa shape index (κ1) is 13.1. The average molecular weight is 248 g/mol. The van der Waals surface area contributed by atoms with E-state index >= 15 is 0 Å². The van der Waals surface area contributed by atoms with Crippen LogP contribution < -0.4 is 10.2 Å². The van der Waals surface area contributed by atoms with Crippen LogP contribution in [0, 0.1) is 0 Å². The zero-order valence-corrected chi connectivity index (χ0v) is 8.95. The summed E-state index contributed by atoms with van der Waals surface area (Å²) in [5, 5.41) is 12.7. The molecule has 0 spiro atoms. The summed E-state index contributed by atoms with van der Waals surface area (Å²) in [6.07, 6.45) is -3.10. The van der Waals surface area contributed by atoms with Gasteiger partial charge in [-0.1, -0.05) is 0 Å². The molecule has 0 aliphatic heterocycles. The van der Waals surface area contributed by atoms with Crippen molar-refractivity contribution in [1.29, 1.82) is 0 Å². The van der Waals surface area contributed by atoms with E-state index in [-0.39, 0.29) is 11.5 Å². The standard InChI is InChI=1S/C10H11F3N2O2/c1-17-9-4-7(2-3-8(9)16)5-14-15-6-10(11,12)13/h2-5,15-16H,6H2,1H3. The van der Waals surface area contributed by atoms with E-state index in [9.17, 15) is 18.3 Å². The highest BCUT2D eigenvalue weighted by atomic mass is 19.4. The number of phenolic OH excluding ortho intramolecular Hbond substituents is 1. The van der Waals surface area contributed by atoms with E-state index in [1.54, 1.807) is 0 Å². The summed E-state index contributed by atoms with van der Waals surface area (Å²) >= 11 is 0. The molecule has 0 bridgehead atoms. The number of hydrogen-bond donors (Lipinski definition) is 2. The van der Waals surface area contributed by atoms with Crippen LogP contribution in [0.25, 0.3) is 0 Å². The van der Waals surface area contributed by atoms with Gasteiger partial charge in [0.15, 0.2) is 11.5 Å². The van der Waals surface area contributed by atoms with Crippen molar-refractivity contribution < 1.29 is 23.0 Å². The minimum absolute atomic E-state index is 0.0482. The van der Waals surface area contributed by atoms with E-state index in [1.807, 2.05) is 5.43 Å². The molecule has 0 fully saturated rings. The molecule has 7 heteroatoms. The van der Waals surface area contributed by atoms with Gasteiger partial charge in [0.25, 0.3) is 0 Å². The quantitative estimate of drug-likeness (QED) is 0.632. The number of hydrogen-bond acceptors (Lipinski definition) is 4. The molecule has 0 atom stereocenters. The lowest BCUT2D eigenvalue weighted by Gasteiger charge is -2.05. The summed E-state index contributed by atoms with van der Waals surface area (Å²) in [5.41, 5.74) is 2.38. The third-order valence-electron chi connectivity index (χ3n) is 1.79. The van der Waals surface area contributed by atoms with Crippen LogP contribution in [0.3, 0.4) is 0 Å². The summed E-state index contributed by atoms with van der Waals surface area (Å²) in [4.78, 5) is 0. The maximum atomic E-state index is 11.8. The van der Waals surface area contributed by atoms with E-state index in [0.717, 1.165) is 0 Å². The molecular weight excluding hydrogens is 237 g/mol. The van der Waals surface area contributed by atoms with Crippen molar-refractivity contribution >= 4 is 6.21 Å². The second-order valence-corrected chi connectivity index (χ2v) is 3.14. The number of alkyl halides is 3. The number of nitrogens with one attached hydrogen (secondary N) is 1. The first-order valence-electron chi connectivity index (χ1n) is 4.62. The van der Waals surface area contributed by atoms with Crippen LogP contribution in [0.1, 0.15) is 5.56 Å². The van der Waals surface area contributed by atoms with Gasteiger partial charge in [-0.05, 0) is 23.8 Å². The lowest BCUT2D eigenvalue weighted by atomic mass is 10.2. The van der Waals surface area contributed by atoms with Gasteiger partial charge in [0.05, 0.1) is 13.3 Å². The Labute approximate surface area is 95.7 Å². The fraction of sp³-hybridized carbons (Fsp3) is 0.300. The molecule has 4 nitrogen and oxygen atoms in total. The molecular formula is C10H11F3N2O2. The van der Waals surface area contributed by atoms with Gasteiger partial charge < -0.3 is 15.3 Å². The minimum Gasteiger partial charge on any atom is -0.504 e. The van der Waals surface area contributed by atoms with E-state index in [1.165, 1.54) is 31.5 Å². The molecule has 0 saturated heterocycles. The first-order valence-corrected chi connectivity index (χ1v) is 4.62. The molecule has 0 amide bonds. The molecule has 2 N–H and O–H groups in total. The molecule has 17 heavy (non-hydrogen) atoms. The molecule has 0 radical (unpaired) electrons. The molecule has 1 rings (SSSR count). The van der Waals surface area contributed by atoms with Crippen LogP contribution in [0.2, 0.25) is 0 Å². The molecule has 0 aromatic heterocycles. The Morgan fingerprint density at radius 3 is 2.76 bits per heavy atom. The molecule has 0 unspecified atom stereocenters. The van der Waals surface area contributed by atoms with Crippen LogP contribution in [-0.4, -0.2) is 31.2 Å². The Kier molecular flexibility index (Phi) is 4.19. The Morgan fingerprint density at radius 2 is 2.18 bits per heavy atom. The summed E-state index contributed by atoms with van der Waals surface area (Å²) < 4.78 is 40.1. The third-order valence-corrected chi connectivity index (χ3v) is 1.79. The van der Waals surface area contributed by atoms with Crippen molar-refractivity contribution in [2.45, 2.75) is 6.18 Å². The predicted octanol–water partition coefficient (Wildman–Crippen LogP) is 1.89. The molecule has 0 heterocycles. The van der Waals surface area contributed by atoms with Gasteiger partial charge in [0, 0.05) is 0 Å². The van der Waals surface area contributed by atoms with Crippen LogP contribution >= 0.6 is 0 Å². The van der Waals surface area contributed by atoms with Crippen molar-refractivity contribution in [2.75, 3.05) is 13.7 Å². The smallest absolute Gasteiger partial charge is 0.407 e. The number of phenols is 1. The zero-order chi connectivity index (χ0) is 12.9. The topological polar surface area (TPSA) is 53.8 Å². The van der Waals surface area contributed by atoms with Gasteiger partial charge in [-0.25, -0.2) is 0 Å². The van der Waals surface area contributed by atoms with E-state index in [4.69, 9.17) is 4.74 Å². The number of benzene rings is 1. The summed E-state index contributed by atoms with van der Waals surface area (Å²) in [6.45, 7) is -1.20. The van der Waals surface area contributed by atoms with E-state index in [2.05, 4.69) is 5.10 Å². The highest BCUT2D eigenvalue weighted by Crippen LogP contribution is 2.25. The second-order valence-electron chi connectivity index (χ2n) is 3.14. The van der Waals surface area contributed by atoms with Gasteiger partial charge in [0.1, 0.15) is 6.54 Å². The number of ether oxygens (including phenoxy) is 1. The number of nitrogens with zero attached hydrogens (tertiary/aromatic N) is 1. The second kappa shape index (κ2) is 5.42. The Balaban J connectivity index is 2.60. The molecule has 94 valence electrons. The highest BCUT2D eigenvalue weighted by molar-refractivity contribution is 5.80. The maximum absolute atomic E-state index is 11.8. The van der Waals surface area contributed by atoms with Gasteiger partial charge >= 0.3 is 6.18 Å². The lowest BCUT2D eigenvalue weighted by molar-refractivity contribution is -0.124. The largest absolute Gasteiger partial charge is 0.504 e. The normalized spacial score (nSPS) is 11.8. The van der Waals surface area contributed by atoms with Gasteiger partial charge in [-0.2, -0.15) is 18.3 Å². The number of hydrazone groups is 1. The summed E-state index contributed by atoms with van der Waals surface area (Å²) in [7, 11) is 1.37. The molecule has 1 aromatic carbocycles. The van der Waals surface area contributed by atoms with E-state index < -0.39 is 12.7 Å². The Hall–Kier alpha value is -1.92. The molecule has 1 aromatic rings. The predicted molar refractivity (Wildman–Crippen MR) is 56.3 cm³/mol. The number of methoxy groups -OCH3 is 1. The van der Waals surface area contributed by atoms with Gasteiger partial charge in [-0.3, -0.25) is 0 Å². The van der Waals surface area contributed by atoms with Gasteiger partial charge in [-0.15, -0.1) is 0 Å². The number of rotatable bonds is 4. The minimum atomic E-state index is -4.30. The summed E-state index contributed by atoms with van der Waals surface area (Å²) in [5.74, 6) is 0.178. The first-order chi connectivity index (χ1) is 7.92. The fourth-order valence-corrected chi connectivity index (χ4v) is 1.03. The molecule has 0 aliphatic carbocycles. The van der Waals surface area contributed by atoms with Gasteiger partial charge in [0.2, 0.25) is 0 Å². The number of halogens is 3. The Bertz CT molecular complexity index is 405. The van der Waals surface area contributed by atoms with Crippen LogP contribution in [0.15, 0.2) is 23.3 Å². The molecule has 0 aliphatic rings. The van der Waals surface area contributed by atoms with Crippen molar-refractivity contribution in [3.05, 3.63) is 23.8 Å². The lowest BCUT2D eigenvalue weighted by Crippen LogP contribution is -2.24. The van der Waals surface area contributed by atoms with Crippen molar-refractivity contribution in [3.63, 3.8) is 0 Å². The zero-order valence-electron chi connectivity index (χ0n) is 8.95. The van der Waals surface area contributed by atoms with Crippen molar-refractivity contribution in [1.82, 2.24) is 5.43 Å². The van der Waals surface area contributed by atoms with Crippen LogP contribution in [0.5, 0.6) is 11.5 Å². The summed E-state index contributed by atoms with van der Waals surface area (Å²) in [6, 6.07) is 4.31. The monoisotopic (exact) mass is 248 g/mol. The Morgan fingerprint density at radius 1 is 1.47 bits per heavy atom. The average Bonchev–Trinajstić information content (AvgIpc) is 2.25. The van der Waals surface area contributed by atoms with Crippen molar-refractivity contribution in [3.8, 4) is 11.5 Å². The third kappa shape index (κ3) is 4.62. The SMILES string of the molecule is COc1cc(C=NNCC(F)(F)F)ccc1O. The molecule has 0 saturated carbocycles. The van der Waals surface area contributed by atoms with E-state index in [0.29, 0.717) is 5.56 Å². The fourth-order valence-electron chi connectivity index (χ4n) is 1.03. The number of aromatic hydroxyl groups is 1. The van der Waals surface area contributed by atoms with Crippen molar-refractivity contribution in [2.24, 2.45) is 5.10 Å².